The highest BCUT2D eigenvalue weighted by Crippen LogP contribution is 2.17. The van der Waals surface area contributed by atoms with Crippen LogP contribution in [0.15, 0.2) is 0 Å². The van der Waals surface area contributed by atoms with E-state index in [-0.39, 0.29) is 0 Å². The van der Waals surface area contributed by atoms with Crippen LogP contribution in [-0.4, -0.2) is 22.4 Å². The van der Waals surface area contributed by atoms with Crippen LogP contribution in [0.25, 0.3) is 0 Å². The van der Waals surface area contributed by atoms with E-state index >= 15 is 0 Å². The molecule has 0 amide bonds. The first-order valence-electron chi connectivity index (χ1n) is 9.11. The maximum absolute atomic E-state index is 10.6. The summed E-state index contributed by atoms with van der Waals surface area (Å²) in [6, 6.07) is 0. The standard InChI is InChI=1S/C17H35NO4/c1-3-5-7-9-11-13-15-17(22-18(20)21)16(19)14-12-10-8-6-4-2/h16-17,19H,3-15H2,1-2H3. The summed E-state index contributed by atoms with van der Waals surface area (Å²) in [6.45, 7) is 4.34. The average molecular weight is 317 g/mol. The van der Waals surface area contributed by atoms with E-state index in [1.807, 2.05) is 0 Å². The molecule has 2 unspecified atom stereocenters. The Hall–Kier alpha value is -0.840. The molecule has 0 saturated carbocycles. The first kappa shape index (κ1) is 21.2. The van der Waals surface area contributed by atoms with Gasteiger partial charge in [-0.1, -0.05) is 84.5 Å². The van der Waals surface area contributed by atoms with E-state index in [9.17, 15) is 15.2 Å². The first-order valence-corrected chi connectivity index (χ1v) is 9.11. The molecule has 0 saturated heterocycles. The molecule has 0 aliphatic rings. The van der Waals surface area contributed by atoms with Gasteiger partial charge in [-0.05, 0) is 12.8 Å². The van der Waals surface area contributed by atoms with Crippen LogP contribution in [0.1, 0.15) is 97.3 Å². The molecule has 0 bridgehead atoms. The number of nitrogens with zero attached hydrogens (tertiary/aromatic N) is 1. The van der Waals surface area contributed by atoms with E-state index in [1.165, 1.54) is 38.5 Å². The summed E-state index contributed by atoms with van der Waals surface area (Å²) in [4.78, 5) is 15.3. The molecule has 0 aliphatic heterocycles. The van der Waals surface area contributed by atoms with Crippen molar-refractivity contribution in [3.8, 4) is 0 Å². The monoisotopic (exact) mass is 317 g/mol. The van der Waals surface area contributed by atoms with Gasteiger partial charge >= 0.3 is 0 Å². The molecule has 5 heteroatoms. The van der Waals surface area contributed by atoms with Crippen LogP contribution in [0.2, 0.25) is 0 Å². The summed E-state index contributed by atoms with van der Waals surface area (Å²) in [5.41, 5.74) is 0. The predicted octanol–water partition coefficient (Wildman–Crippen LogP) is 5.04. The van der Waals surface area contributed by atoms with E-state index in [4.69, 9.17) is 4.84 Å². The van der Waals surface area contributed by atoms with Gasteiger partial charge in [0.2, 0.25) is 0 Å². The Kier molecular flexibility index (Phi) is 14.5. The lowest BCUT2D eigenvalue weighted by atomic mass is 10.00. The van der Waals surface area contributed by atoms with Gasteiger partial charge in [0.25, 0.3) is 5.09 Å². The molecule has 0 rings (SSSR count). The number of hydrogen-bond acceptors (Lipinski definition) is 4. The minimum Gasteiger partial charge on any atom is -0.391 e. The van der Waals surface area contributed by atoms with Gasteiger partial charge in [-0.25, -0.2) is 0 Å². The highest BCUT2D eigenvalue weighted by atomic mass is 17.0. The molecule has 5 nitrogen and oxygen atoms in total. The van der Waals surface area contributed by atoms with Crippen molar-refractivity contribution >= 4 is 0 Å². The van der Waals surface area contributed by atoms with E-state index in [0.29, 0.717) is 12.8 Å². The third kappa shape index (κ3) is 12.9. The average Bonchev–Trinajstić information content (AvgIpc) is 2.48. The van der Waals surface area contributed by atoms with Crippen LogP contribution in [-0.2, 0) is 4.84 Å². The number of aliphatic hydroxyl groups is 1. The molecule has 1 N–H and O–H groups in total. The van der Waals surface area contributed by atoms with Crippen molar-refractivity contribution in [2.45, 2.75) is 110 Å². The molecule has 2 atom stereocenters. The third-order valence-corrected chi connectivity index (χ3v) is 4.10. The van der Waals surface area contributed by atoms with Gasteiger partial charge in [-0.3, -0.25) is 0 Å². The molecule has 0 aromatic carbocycles. The van der Waals surface area contributed by atoms with Crippen molar-refractivity contribution in [1.29, 1.82) is 0 Å². The van der Waals surface area contributed by atoms with E-state index in [2.05, 4.69) is 13.8 Å². The minimum atomic E-state index is -0.762. The van der Waals surface area contributed by atoms with Crippen LogP contribution in [0.5, 0.6) is 0 Å². The van der Waals surface area contributed by atoms with Crippen LogP contribution < -0.4 is 0 Å². The fourth-order valence-electron chi connectivity index (χ4n) is 2.69. The van der Waals surface area contributed by atoms with Crippen LogP contribution in [0.3, 0.4) is 0 Å². The Labute approximate surface area is 135 Å². The highest BCUT2D eigenvalue weighted by molar-refractivity contribution is 4.68. The second-order valence-corrected chi connectivity index (χ2v) is 6.19. The van der Waals surface area contributed by atoms with E-state index < -0.39 is 17.3 Å². The predicted molar refractivity (Wildman–Crippen MR) is 89.2 cm³/mol. The topological polar surface area (TPSA) is 72.6 Å². The molecule has 0 aromatic rings. The minimum absolute atomic E-state index is 0.573. The van der Waals surface area contributed by atoms with Gasteiger partial charge in [0.15, 0.2) is 0 Å². The number of rotatable bonds is 16. The normalized spacial score (nSPS) is 13.8. The summed E-state index contributed by atoms with van der Waals surface area (Å²) in [6.07, 6.45) is 12.1. The Balaban J connectivity index is 3.90. The van der Waals surface area contributed by atoms with E-state index in [1.54, 1.807) is 0 Å². The Morgan fingerprint density at radius 1 is 0.864 bits per heavy atom. The van der Waals surface area contributed by atoms with Crippen molar-refractivity contribution in [3.05, 3.63) is 10.1 Å². The maximum atomic E-state index is 10.6. The summed E-state index contributed by atoms with van der Waals surface area (Å²) in [5.74, 6) is 0. The van der Waals surface area contributed by atoms with Gasteiger partial charge < -0.3 is 9.94 Å². The van der Waals surface area contributed by atoms with Gasteiger partial charge in [0.05, 0.1) is 6.10 Å². The zero-order valence-corrected chi connectivity index (χ0v) is 14.5. The first-order chi connectivity index (χ1) is 10.6. The van der Waals surface area contributed by atoms with Gasteiger partial charge in [-0.2, -0.15) is 0 Å². The number of unbranched alkanes of at least 4 members (excludes halogenated alkanes) is 9. The molecule has 0 fully saturated rings. The SMILES string of the molecule is CCCCCCCCC(O[N+](=O)[O-])C(O)CCCCCCC. The zero-order chi connectivity index (χ0) is 16.6. The molecule has 132 valence electrons. The molecule has 0 spiro atoms. The molecule has 22 heavy (non-hydrogen) atoms. The second-order valence-electron chi connectivity index (χ2n) is 6.19. The smallest absolute Gasteiger partial charge is 0.294 e. The highest BCUT2D eigenvalue weighted by Gasteiger charge is 2.22. The fourth-order valence-corrected chi connectivity index (χ4v) is 2.69. The Morgan fingerprint density at radius 2 is 1.32 bits per heavy atom. The maximum Gasteiger partial charge on any atom is 0.294 e. The summed E-state index contributed by atoms with van der Waals surface area (Å²) in [7, 11) is 0. The number of hydrogen-bond donors (Lipinski definition) is 1. The van der Waals surface area contributed by atoms with Crippen molar-refractivity contribution in [3.63, 3.8) is 0 Å². The van der Waals surface area contributed by atoms with Gasteiger partial charge in [-0.15, -0.1) is 10.1 Å². The molecular weight excluding hydrogens is 282 g/mol. The summed E-state index contributed by atoms with van der Waals surface area (Å²) in [5, 5.41) is 19.9. The Bertz CT molecular complexity index is 261. The van der Waals surface area contributed by atoms with Gasteiger partial charge in [0, 0.05) is 0 Å². The van der Waals surface area contributed by atoms with Crippen molar-refractivity contribution in [2.75, 3.05) is 0 Å². The van der Waals surface area contributed by atoms with Crippen LogP contribution >= 0.6 is 0 Å². The third-order valence-electron chi connectivity index (χ3n) is 4.10. The molecule has 0 heterocycles. The molecular formula is C17H35NO4. The number of aliphatic hydroxyl groups excluding tert-OH is 1. The largest absolute Gasteiger partial charge is 0.391 e. The molecule has 0 aliphatic carbocycles. The van der Waals surface area contributed by atoms with E-state index in [0.717, 1.165) is 32.1 Å². The van der Waals surface area contributed by atoms with Crippen LogP contribution in [0.4, 0.5) is 0 Å². The van der Waals surface area contributed by atoms with Crippen molar-refractivity contribution in [2.24, 2.45) is 0 Å². The lowest BCUT2D eigenvalue weighted by Crippen LogP contribution is -2.31. The molecule has 0 radical (unpaired) electrons. The lowest BCUT2D eigenvalue weighted by molar-refractivity contribution is -0.771. The second kappa shape index (κ2) is 15.1. The fraction of sp³-hybridized carbons (Fsp3) is 1.00. The molecule has 0 aromatic heterocycles. The summed E-state index contributed by atoms with van der Waals surface area (Å²) >= 11 is 0. The Morgan fingerprint density at radius 3 is 1.82 bits per heavy atom. The zero-order valence-electron chi connectivity index (χ0n) is 14.5. The van der Waals surface area contributed by atoms with Gasteiger partial charge in [0.1, 0.15) is 6.10 Å². The quantitative estimate of drug-likeness (QED) is 0.246. The summed E-state index contributed by atoms with van der Waals surface area (Å²) < 4.78 is 0. The van der Waals surface area contributed by atoms with Crippen molar-refractivity contribution < 1.29 is 15.0 Å². The lowest BCUT2D eigenvalue weighted by Gasteiger charge is -2.21. The van der Waals surface area contributed by atoms with Crippen molar-refractivity contribution in [1.82, 2.24) is 0 Å². The van der Waals surface area contributed by atoms with Crippen LogP contribution in [0, 0.1) is 10.1 Å².